The molecule has 2 aliphatic rings. The van der Waals surface area contributed by atoms with Crippen LogP contribution in [0.3, 0.4) is 0 Å². The number of nitrogens with one attached hydrogen (secondary N) is 1. The number of likely N-dealkylation sites (tertiary alicyclic amines) is 1. The highest BCUT2D eigenvalue weighted by molar-refractivity contribution is 5.68. The van der Waals surface area contributed by atoms with Gasteiger partial charge < -0.3 is 11.1 Å². The molecule has 2 aromatic rings. The number of rotatable bonds is 2. The summed E-state index contributed by atoms with van der Waals surface area (Å²) in [5.41, 5.74) is 6.40. The Morgan fingerprint density at radius 2 is 2.19 bits per heavy atom. The molecule has 3 N–H and O–H groups in total. The lowest BCUT2D eigenvalue weighted by molar-refractivity contribution is 0.221. The Labute approximate surface area is 149 Å². The molecule has 3 atom stereocenters. The van der Waals surface area contributed by atoms with Crippen LogP contribution in [0.15, 0.2) is 24.3 Å². The molecule has 0 bridgehead atoms. The number of nitrogens with zero attached hydrogens (tertiary/aromatic N) is 4. The van der Waals surface area contributed by atoms with E-state index in [2.05, 4.69) is 22.2 Å². The maximum Gasteiger partial charge on any atom is 0.166 e. The summed E-state index contributed by atoms with van der Waals surface area (Å²) >= 11 is 0. The van der Waals surface area contributed by atoms with Gasteiger partial charge in [-0.05, 0) is 36.6 Å². The molecule has 0 radical (unpaired) electrons. The zero-order chi connectivity index (χ0) is 18.4. The third-order valence-corrected chi connectivity index (χ3v) is 4.97. The SMILES string of the molecule is C[C@H]1C[C@H](c2cc(F)ccc2F)N(C2C=Cn3nc(N)c(C#N)c3N2)C1. The number of benzene rings is 1. The Morgan fingerprint density at radius 3 is 2.96 bits per heavy atom. The van der Waals surface area contributed by atoms with Crippen LogP contribution in [-0.2, 0) is 0 Å². The molecule has 26 heavy (non-hydrogen) atoms. The van der Waals surface area contributed by atoms with Gasteiger partial charge >= 0.3 is 0 Å². The van der Waals surface area contributed by atoms with Gasteiger partial charge in [-0.15, -0.1) is 5.10 Å². The normalized spacial score (nSPS) is 24.9. The summed E-state index contributed by atoms with van der Waals surface area (Å²) in [5, 5.41) is 16.7. The van der Waals surface area contributed by atoms with Crippen molar-refractivity contribution < 1.29 is 8.78 Å². The fourth-order valence-electron chi connectivity index (χ4n) is 3.81. The van der Waals surface area contributed by atoms with Crippen LogP contribution in [-0.4, -0.2) is 27.4 Å². The van der Waals surface area contributed by atoms with Gasteiger partial charge in [0, 0.05) is 24.4 Å². The molecule has 8 heteroatoms. The molecule has 0 spiro atoms. The van der Waals surface area contributed by atoms with Crippen molar-refractivity contribution in [2.75, 3.05) is 17.6 Å². The molecule has 6 nitrogen and oxygen atoms in total. The smallest absolute Gasteiger partial charge is 0.166 e. The third-order valence-electron chi connectivity index (χ3n) is 4.97. The van der Waals surface area contributed by atoms with Crippen molar-refractivity contribution in [3.8, 4) is 6.07 Å². The van der Waals surface area contributed by atoms with Crippen molar-refractivity contribution in [2.24, 2.45) is 5.92 Å². The predicted octanol–water partition coefficient (Wildman–Crippen LogP) is 2.92. The first-order valence-corrected chi connectivity index (χ1v) is 8.41. The van der Waals surface area contributed by atoms with E-state index >= 15 is 0 Å². The summed E-state index contributed by atoms with van der Waals surface area (Å²) in [5.74, 6) is 0.122. The van der Waals surface area contributed by atoms with Crippen LogP contribution >= 0.6 is 0 Å². The second-order valence-corrected chi connectivity index (χ2v) is 6.82. The molecular formula is C18H18F2N6. The summed E-state index contributed by atoms with van der Waals surface area (Å²) in [6, 6.07) is 5.34. The maximum absolute atomic E-state index is 14.3. The highest BCUT2D eigenvalue weighted by Gasteiger charge is 2.37. The molecule has 0 aliphatic carbocycles. The molecule has 2 aliphatic heterocycles. The van der Waals surface area contributed by atoms with Gasteiger partial charge in [-0.25, -0.2) is 13.5 Å². The molecular weight excluding hydrogens is 338 g/mol. The minimum atomic E-state index is -0.453. The van der Waals surface area contributed by atoms with Gasteiger partial charge in [0.25, 0.3) is 0 Å². The summed E-state index contributed by atoms with van der Waals surface area (Å²) < 4.78 is 29.5. The van der Waals surface area contributed by atoms with Crippen LogP contribution in [0.2, 0.25) is 0 Å². The maximum atomic E-state index is 14.3. The highest BCUT2D eigenvalue weighted by Crippen LogP contribution is 2.39. The van der Waals surface area contributed by atoms with Crippen LogP contribution < -0.4 is 11.1 Å². The van der Waals surface area contributed by atoms with Gasteiger partial charge in [0.05, 0.1) is 0 Å². The third kappa shape index (κ3) is 2.61. The number of nitrogen functional groups attached to an aromatic ring is 1. The van der Waals surface area contributed by atoms with Crippen molar-refractivity contribution >= 4 is 17.8 Å². The topological polar surface area (TPSA) is 82.9 Å². The second-order valence-electron chi connectivity index (χ2n) is 6.82. The second kappa shape index (κ2) is 6.11. The lowest BCUT2D eigenvalue weighted by atomic mass is 10.00. The number of anilines is 2. The van der Waals surface area contributed by atoms with Gasteiger partial charge in [0.1, 0.15) is 29.4 Å². The predicted molar refractivity (Wildman–Crippen MR) is 93.7 cm³/mol. The number of fused-ring (bicyclic) bond motifs is 1. The Morgan fingerprint density at radius 1 is 1.38 bits per heavy atom. The number of nitrogens with two attached hydrogens (primary N) is 1. The number of aromatic nitrogens is 2. The average Bonchev–Trinajstić information content (AvgIpc) is 3.15. The highest BCUT2D eigenvalue weighted by atomic mass is 19.1. The van der Waals surface area contributed by atoms with Gasteiger partial charge in [-0.2, -0.15) is 5.26 Å². The standard InChI is InChI=1S/C18H18F2N6/c1-10-6-15(12-7-11(19)2-3-14(12)20)25(9-10)16-4-5-26-18(23-16)13(8-21)17(22)24-26/h2-5,7,10,15-16,23H,6,9H2,1H3,(H2,22,24)/t10-,15+,16?/m0/s1. The van der Waals surface area contributed by atoms with Crippen LogP contribution in [0.5, 0.6) is 0 Å². The number of hydrogen-bond acceptors (Lipinski definition) is 5. The van der Waals surface area contributed by atoms with Crippen molar-refractivity contribution in [3.63, 3.8) is 0 Å². The van der Waals surface area contributed by atoms with Crippen molar-refractivity contribution in [2.45, 2.75) is 25.6 Å². The Balaban J connectivity index is 1.68. The Hall–Kier alpha value is -2.92. The monoisotopic (exact) mass is 356 g/mol. The van der Waals surface area contributed by atoms with E-state index < -0.39 is 11.6 Å². The van der Waals surface area contributed by atoms with Gasteiger partial charge in [0.15, 0.2) is 11.6 Å². The molecule has 1 aromatic carbocycles. The number of nitriles is 1. The zero-order valence-electron chi connectivity index (χ0n) is 14.2. The van der Waals surface area contributed by atoms with Gasteiger partial charge in [-0.1, -0.05) is 6.92 Å². The molecule has 0 saturated carbocycles. The Bertz CT molecular complexity index is 928. The number of hydrogen-bond donors (Lipinski definition) is 2. The first kappa shape index (κ1) is 16.5. The van der Waals surface area contributed by atoms with E-state index in [0.717, 1.165) is 12.5 Å². The van der Waals surface area contributed by atoms with Crippen molar-refractivity contribution in [1.29, 1.82) is 5.26 Å². The van der Waals surface area contributed by atoms with Gasteiger partial charge in [-0.3, -0.25) is 4.90 Å². The minimum Gasteiger partial charge on any atom is -0.381 e. The van der Waals surface area contributed by atoms with Crippen molar-refractivity contribution in [3.05, 3.63) is 47.0 Å². The molecule has 1 unspecified atom stereocenters. The van der Waals surface area contributed by atoms with Crippen LogP contribution in [0, 0.1) is 28.9 Å². The molecule has 0 amide bonds. The average molecular weight is 356 g/mol. The van der Waals surface area contributed by atoms with Crippen molar-refractivity contribution in [1.82, 2.24) is 14.7 Å². The lowest BCUT2D eigenvalue weighted by Crippen LogP contribution is -2.41. The number of halogens is 2. The summed E-state index contributed by atoms with van der Waals surface area (Å²) in [6.07, 6.45) is 4.06. The molecule has 1 saturated heterocycles. The molecule has 1 aromatic heterocycles. The zero-order valence-corrected chi connectivity index (χ0v) is 14.2. The quantitative estimate of drug-likeness (QED) is 0.864. The molecule has 4 rings (SSSR count). The van der Waals surface area contributed by atoms with E-state index in [0.29, 0.717) is 23.8 Å². The largest absolute Gasteiger partial charge is 0.381 e. The van der Waals surface area contributed by atoms with Crippen LogP contribution in [0.1, 0.15) is 30.5 Å². The minimum absolute atomic E-state index is 0.155. The fraction of sp³-hybridized carbons (Fsp3) is 0.333. The van der Waals surface area contributed by atoms with E-state index in [-0.39, 0.29) is 23.6 Å². The van der Waals surface area contributed by atoms with Gasteiger partial charge in [0.2, 0.25) is 0 Å². The first-order valence-electron chi connectivity index (χ1n) is 8.41. The lowest BCUT2D eigenvalue weighted by Gasteiger charge is -2.34. The summed E-state index contributed by atoms with van der Waals surface area (Å²) in [6.45, 7) is 2.80. The molecule has 1 fully saturated rings. The molecule has 134 valence electrons. The van der Waals surface area contributed by atoms with Crippen LogP contribution in [0.25, 0.3) is 6.20 Å². The van der Waals surface area contributed by atoms with E-state index in [1.54, 1.807) is 6.20 Å². The fourth-order valence-corrected chi connectivity index (χ4v) is 3.81. The van der Waals surface area contributed by atoms with E-state index in [1.165, 1.54) is 16.8 Å². The molecule has 3 heterocycles. The summed E-state index contributed by atoms with van der Waals surface area (Å²) in [4.78, 5) is 2.08. The van der Waals surface area contributed by atoms with E-state index in [9.17, 15) is 14.0 Å². The Kier molecular flexibility index (Phi) is 3.89. The van der Waals surface area contributed by atoms with E-state index in [1.807, 2.05) is 12.1 Å². The first-order chi connectivity index (χ1) is 12.5. The van der Waals surface area contributed by atoms with Crippen LogP contribution in [0.4, 0.5) is 20.4 Å². The summed E-state index contributed by atoms with van der Waals surface area (Å²) in [7, 11) is 0. The van der Waals surface area contributed by atoms with E-state index in [4.69, 9.17) is 5.73 Å².